The normalized spacial score (nSPS) is 17.6. The number of hydrogen-bond acceptors (Lipinski definition) is 4. The number of carboxylic acids is 1. The van der Waals surface area contributed by atoms with Crippen molar-refractivity contribution in [2.24, 2.45) is 10.7 Å². The lowest BCUT2D eigenvalue weighted by Gasteiger charge is -2.26. The van der Waals surface area contributed by atoms with E-state index >= 15 is 0 Å². The molecule has 1 atom stereocenters. The van der Waals surface area contributed by atoms with Crippen LogP contribution in [0.5, 0.6) is 0 Å². The second kappa shape index (κ2) is 9.34. The first kappa shape index (κ1) is 24.4. The molecule has 10 heteroatoms. The van der Waals surface area contributed by atoms with Gasteiger partial charge in [0.25, 0.3) is 5.91 Å². The van der Waals surface area contributed by atoms with Crippen molar-refractivity contribution >= 4 is 17.8 Å². The lowest BCUT2D eigenvalue weighted by molar-refractivity contribution is -0.192. The summed E-state index contributed by atoms with van der Waals surface area (Å²) < 4.78 is 45.0. The fourth-order valence-electron chi connectivity index (χ4n) is 3.43. The number of aliphatic imine (C=N–C) groups is 1. The minimum Gasteiger partial charge on any atom is -0.475 e. The minimum absolute atomic E-state index is 0.177. The average Bonchev–Trinajstić information content (AvgIpc) is 3.05. The van der Waals surface area contributed by atoms with Crippen LogP contribution in [0.1, 0.15) is 11.1 Å². The summed E-state index contributed by atoms with van der Waals surface area (Å²) in [5.74, 6) is -3.08. The zero-order valence-electron chi connectivity index (χ0n) is 17.8. The van der Waals surface area contributed by atoms with Crippen LogP contribution in [0.25, 0.3) is 11.1 Å². The predicted molar refractivity (Wildman–Crippen MR) is 117 cm³/mol. The Morgan fingerprint density at radius 1 is 0.941 bits per heavy atom. The number of benzene rings is 3. The molecule has 1 heterocycles. The third-order valence-electron chi connectivity index (χ3n) is 5.13. The van der Waals surface area contributed by atoms with Crippen LogP contribution < -0.4 is 5.73 Å². The molecule has 34 heavy (non-hydrogen) atoms. The van der Waals surface area contributed by atoms with Crippen LogP contribution in [0.2, 0.25) is 0 Å². The number of alkyl halides is 3. The van der Waals surface area contributed by atoms with Crippen LogP contribution in [0.15, 0.2) is 83.9 Å². The number of guanidine groups is 1. The van der Waals surface area contributed by atoms with Gasteiger partial charge in [-0.05, 0) is 40.5 Å². The summed E-state index contributed by atoms with van der Waals surface area (Å²) >= 11 is 0. The molecule has 0 bridgehead atoms. The fourth-order valence-corrected chi connectivity index (χ4v) is 3.43. The van der Waals surface area contributed by atoms with Gasteiger partial charge in [0.15, 0.2) is 11.5 Å². The van der Waals surface area contributed by atoms with Crippen LogP contribution in [0, 0.1) is 5.82 Å². The SMILES string of the molecule is CN1C(=O)C(c2ccccc2)(c2cccc(-c3ccc(F)cc3)c2)N=C1N.O=C(O)C(F)(F)F. The molecule has 0 spiro atoms. The highest BCUT2D eigenvalue weighted by molar-refractivity contribution is 6.09. The Bertz CT molecular complexity index is 1230. The van der Waals surface area contributed by atoms with Gasteiger partial charge in [0.2, 0.25) is 0 Å². The molecular weight excluding hydrogens is 454 g/mol. The second-order valence-corrected chi connectivity index (χ2v) is 7.30. The number of carboxylic acid groups (broad SMARTS) is 1. The molecule has 1 aliphatic rings. The van der Waals surface area contributed by atoms with Gasteiger partial charge in [-0.2, -0.15) is 13.2 Å². The summed E-state index contributed by atoms with van der Waals surface area (Å²) in [5.41, 5.74) is 7.97. The maximum Gasteiger partial charge on any atom is 0.490 e. The molecule has 1 unspecified atom stereocenters. The number of nitrogens with zero attached hydrogens (tertiary/aromatic N) is 2. The van der Waals surface area contributed by atoms with Crippen LogP contribution >= 0.6 is 0 Å². The molecule has 4 rings (SSSR count). The monoisotopic (exact) mass is 473 g/mol. The lowest BCUT2D eigenvalue weighted by Crippen LogP contribution is -2.41. The van der Waals surface area contributed by atoms with E-state index in [1.807, 2.05) is 54.6 Å². The van der Waals surface area contributed by atoms with Gasteiger partial charge in [-0.3, -0.25) is 9.69 Å². The Morgan fingerprint density at radius 3 is 2.00 bits per heavy atom. The zero-order chi connectivity index (χ0) is 25.1. The smallest absolute Gasteiger partial charge is 0.475 e. The standard InChI is InChI=1S/C22H18FN3O.C2HF3O2/c1-26-20(27)22(25-21(26)24,17-7-3-2-4-8-17)18-9-5-6-16(14-18)15-10-12-19(23)13-11-15;3-2(4,5)1(6)7/h2-14H,1H3,(H2,24,25);(H,6,7). The summed E-state index contributed by atoms with van der Waals surface area (Å²) in [7, 11) is 1.62. The Balaban J connectivity index is 0.000000406. The number of carbonyl (C=O) groups excluding carboxylic acids is 1. The number of carbonyl (C=O) groups is 2. The highest BCUT2D eigenvalue weighted by atomic mass is 19.4. The Morgan fingerprint density at radius 2 is 1.50 bits per heavy atom. The number of likely N-dealkylation sites (N-methyl/N-ethyl adjacent to an activating group) is 1. The molecule has 176 valence electrons. The van der Waals surface area contributed by atoms with Crippen molar-refractivity contribution < 1.29 is 32.3 Å². The van der Waals surface area contributed by atoms with E-state index < -0.39 is 17.7 Å². The molecule has 0 fully saturated rings. The Kier molecular flexibility index (Phi) is 6.71. The van der Waals surface area contributed by atoms with Crippen molar-refractivity contribution in [3.05, 3.63) is 95.8 Å². The summed E-state index contributed by atoms with van der Waals surface area (Å²) in [6.45, 7) is 0. The van der Waals surface area contributed by atoms with Gasteiger partial charge in [-0.25, -0.2) is 14.2 Å². The van der Waals surface area contributed by atoms with Gasteiger partial charge in [0.1, 0.15) is 5.82 Å². The Labute approximate surface area is 192 Å². The van der Waals surface area contributed by atoms with E-state index in [9.17, 15) is 22.4 Å². The first-order valence-corrected chi connectivity index (χ1v) is 9.82. The third kappa shape index (κ3) is 4.75. The predicted octanol–water partition coefficient (Wildman–Crippen LogP) is 4.16. The average molecular weight is 473 g/mol. The molecule has 0 aromatic heterocycles. The first-order valence-electron chi connectivity index (χ1n) is 9.82. The van der Waals surface area contributed by atoms with Gasteiger partial charge >= 0.3 is 12.1 Å². The molecule has 6 nitrogen and oxygen atoms in total. The van der Waals surface area contributed by atoms with Crippen LogP contribution in [-0.2, 0) is 15.1 Å². The van der Waals surface area contributed by atoms with Crippen molar-refractivity contribution in [2.75, 3.05) is 7.05 Å². The van der Waals surface area contributed by atoms with Crippen molar-refractivity contribution in [2.45, 2.75) is 11.7 Å². The topological polar surface area (TPSA) is 96.0 Å². The maximum absolute atomic E-state index is 13.3. The van der Waals surface area contributed by atoms with E-state index in [0.29, 0.717) is 5.56 Å². The van der Waals surface area contributed by atoms with E-state index in [-0.39, 0.29) is 17.7 Å². The minimum atomic E-state index is -5.08. The fraction of sp³-hybridized carbons (Fsp3) is 0.125. The van der Waals surface area contributed by atoms with Gasteiger partial charge < -0.3 is 10.8 Å². The van der Waals surface area contributed by atoms with E-state index in [1.165, 1.54) is 17.0 Å². The molecule has 1 amide bonds. The quantitative estimate of drug-likeness (QED) is 0.559. The number of hydrogen-bond donors (Lipinski definition) is 2. The number of rotatable bonds is 3. The van der Waals surface area contributed by atoms with Crippen LogP contribution in [0.4, 0.5) is 17.6 Å². The van der Waals surface area contributed by atoms with Crippen molar-refractivity contribution in [3.63, 3.8) is 0 Å². The number of halogens is 4. The van der Waals surface area contributed by atoms with Gasteiger partial charge in [0, 0.05) is 7.05 Å². The largest absolute Gasteiger partial charge is 0.490 e. The molecule has 3 aromatic carbocycles. The van der Waals surface area contributed by atoms with Gasteiger partial charge in [-0.1, -0.05) is 60.7 Å². The Hall–Kier alpha value is -4.21. The molecule has 0 saturated heterocycles. The van der Waals surface area contributed by atoms with E-state index in [0.717, 1.165) is 16.7 Å². The summed E-state index contributed by atoms with van der Waals surface area (Å²) in [6, 6.07) is 23.2. The first-order chi connectivity index (χ1) is 16.0. The van der Waals surface area contributed by atoms with Crippen LogP contribution in [0.3, 0.4) is 0 Å². The molecule has 3 aromatic rings. The highest BCUT2D eigenvalue weighted by Gasteiger charge is 2.49. The molecule has 0 radical (unpaired) electrons. The van der Waals surface area contributed by atoms with E-state index in [2.05, 4.69) is 4.99 Å². The van der Waals surface area contributed by atoms with Gasteiger partial charge in [0.05, 0.1) is 0 Å². The van der Waals surface area contributed by atoms with Crippen LogP contribution in [-0.4, -0.2) is 41.1 Å². The van der Waals surface area contributed by atoms with Crippen molar-refractivity contribution in [1.82, 2.24) is 4.90 Å². The molecule has 1 aliphatic heterocycles. The molecular formula is C24H19F4N3O3. The summed E-state index contributed by atoms with van der Waals surface area (Å²) in [6.07, 6.45) is -5.08. The van der Waals surface area contributed by atoms with E-state index in [4.69, 9.17) is 15.6 Å². The number of aliphatic carboxylic acids is 1. The molecule has 3 N–H and O–H groups in total. The summed E-state index contributed by atoms with van der Waals surface area (Å²) in [4.78, 5) is 28.1. The van der Waals surface area contributed by atoms with E-state index in [1.54, 1.807) is 19.2 Å². The number of nitrogens with two attached hydrogens (primary N) is 1. The summed E-state index contributed by atoms with van der Waals surface area (Å²) in [5, 5.41) is 7.12. The molecule has 0 aliphatic carbocycles. The third-order valence-corrected chi connectivity index (χ3v) is 5.13. The number of amides is 1. The maximum atomic E-state index is 13.3. The zero-order valence-corrected chi connectivity index (χ0v) is 17.8. The highest BCUT2D eigenvalue weighted by Crippen LogP contribution is 2.40. The van der Waals surface area contributed by atoms with Crippen molar-refractivity contribution in [1.29, 1.82) is 0 Å². The second-order valence-electron chi connectivity index (χ2n) is 7.30. The lowest BCUT2D eigenvalue weighted by atomic mass is 9.82. The molecule has 0 saturated carbocycles. The van der Waals surface area contributed by atoms with Crippen molar-refractivity contribution in [3.8, 4) is 11.1 Å². The van der Waals surface area contributed by atoms with Gasteiger partial charge in [-0.15, -0.1) is 0 Å².